The van der Waals surface area contributed by atoms with E-state index < -0.39 is 58.4 Å². The van der Waals surface area contributed by atoms with Crippen molar-refractivity contribution in [2.45, 2.75) is 50.7 Å². The summed E-state index contributed by atoms with van der Waals surface area (Å²) in [5.74, 6) is -3.61. The molecule has 2 aliphatic rings. The van der Waals surface area contributed by atoms with Crippen molar-refractivity contribution in [3.63, 3.8) is 0 Å². The third-order valence-electron chi connectivity index (χ3n) is 8.82. The fourth-order valence-electron chi connectivity index (χ4n) is 5.98. The van der Waals surface area contributed by atoms with Gasteiger partial charge in [-0.25, -0.2) is 0 Å². The second-order valence-electron chi connectivity index (χ2n) is 12.7. The minimum Gasteiger partial charge on any atom is -0.378 e. The lowest BCUT2D eigenvalue weighted by atomic mass is 9.95. The molecule has 0 radical (unpaired) electrons. The fourth-order valence-corrected chi connectivity index (χ4v) is 5.98. The van der Waals surface area contributed by atoms with Crippen LogP contribution in [0.4, 0.5) is 5.69 Å². The summed E-state index contributed by atoms with van der Waals surface area (Å²) in [5.41, 5.74) is 7.09. The predicted octanol–water partition coefficient (Wildman–Crippen LogP) is -0.628. The first kappa shape index (κ1) is 40.1. The van der Waals surface area contributed by atoms with Gasteiger partial charge in [-0.3, -0.25) is 38.9 Å². The summed E-state index contributed by atoms with van der Waals surface area (Å²) in [6.07, 6.45) is 3.11. The van der Waals surface area contributed by atoms with Gasteiger partial charge in [0.15, 0.2) is 0 Å². The number of non-ortho nitro benzene ring substituents is 1. The maximum Gasteiger partial charge on any atom is 0.269 e. The molecule has 53 heavy (non-hydrogen) atoms. The SMILES string of the molecule is NCCOCCNC(=O)[C@@H]1CCNC(=O)/C=C/C(=O)N2CCC[C@H](C2)C(=O)N[C@@H](Cc2ccc([N+](=O)[O-])cc2)C(=O)NCc2ccccc2CC(=O)N1. The Labute approximate surface area is 306 Å². The number of amides is 6. The van der Waals surface area contributed by atoms with Gasteiger partial charge in [0.25, 0.3) is 5.69 Å². The molecule has 3 atom stereocenters. The van der Waals surface area contributed by atoms with E-state index in [1.165, 1.54) is 29.2 Å². The number of benzene rings is 2. The molecule has 0 spiro atoms. The molecule has 2 aromatic rings. The van der Waals surface area contributed by atoms with Crippen LogP contribution in [0.2, 0.25) is 0 Å². The fraction of sp³-hybridized carbons (Fsp3) is 0.444. The van der Waals surface area contributed by atoms with Gasteiger partial charge in [0, 0.05) is 70.0 Å². The Balaban J connectivity index is 1.57. The van der Waals surface area contributed by atoms with Crippen molar-refractivity contribution in [3.05, 3.63) is 87.5 Å². The number of nitrogens with zero attached hydrogens (tertiary/aromatic N) is 2. The third-order valence-corrected chi connectivity index (χ3v) is 8.82. The van der Waals surface area contributed by atoms with Crippen molar-refractivity contribution in [1.82, 2.24) is 31.5 Å². The lowest BCUT2D eigenvalue weighted by molar-refractivity contribution is -0.384. The summed E-state index contributed by atoms with van der Waals surface area (Å²) in [4.78, 5) is 91.3. The quantitative estimate of drug-likeness (QED) is 0.108. The summed E-state index contributed by atoms with van der Waals surface area (Å²) in [6.45, 7) is 1.50. The number of nitro benzene ring substituents is 1. The smallest absolute Gasteiger partial charge is 0.269 e. The van der Waals surface area contributed by atoms with Gasteiger partial charge in [-0.15, -0.1) is 0 Å². The van der Waals surface area contributed by atoms with Gasteiger partial charge in [0.2, 0.25) is 35.4 Å². The first-order valence-electron chi connectivity index (χ1n) is 17.5. The lowest BCUT2D eigenvalue weighted by Crippen LogP contribution is -2.52. The number of ether oxygens (including phenoxy) is 1. The average Bonchev–Trinajstić information content (AvgIpc) is 3.15. The van der Waals surface area contributed by atoms with Crippen LogP contribution in [0.5, 0.6) is 0 Å². The number of fused-ring (bicyclic) bond motifs is 3. The molecular formula is C36H46N8O9. The van der Waals surface area contributed by atoms with E-state index in [2.05, 4.69) is 26.6 Å². The first-order valence-corrected chi connectivity index (χ1v) is 17.5. The molecule has 0 unspecified atom stereocenters. The highest BCUT2D eigenvalue weighted by atomic mass is 16.6. The second-order valence-corrected chi connectivity index (χ2v) is 12.7. The van der Waals surface area contributed by atoms with Crippen LogP contribution in [0.15, 0.2) is 60.7 Å². The zero-order valence-electron chi connectivity index (χ0n) is 29.3. The van der Waals surface area contributed by atoms with Crippen LogP contribution in [-0.2, 0) is 52.9 Å². The highest BCUT2D eigenvalue weighted by molar-refractivity contribution is 5.97. The molecule has 0 saturated carbocycles. The van der Waals surface area contributed by atoms with E-state index in [-0.39, 0.29) is 57.7 Å². The van der Waals surface area contributed by atoms with Crippen LogP contribution < -0.4 is 32.3 Å². The van der Waals surface area contributed by atoms with Crippen molar-refractivity contribution in [1.29, 1.82) is 0 Å². The average molecular weight is 735 g/mol. The topological polar surface area (TPSA) is 244 Å². The molecule has 1 fully saturated rings. The van der Waals surface area contributed by atoms with E-state index >= 15 is 0 Å². The number of nitrogens with two attached hydrogens (primary N) is 1. The summed E-state index contributed by atoms with van der Waals surface area (Å²) in [7, 11) is 0. The molecular weight excluding hydrogens is 688 g/mol. The molecule has 7 N–H and O–H groups in total. The Hall–Kier alpha value is -5.68. The number of hydrogen-bond acceptors (Lipinski definition) is 10. The van der Waals surface area contributed by atoms with Gasteiger partial charge in [-0.2, -0.15) is 0 Å². The monoisotopic (exact) mass is 734 g/mol. The second kappa shape index (κ2) is 20.4. The summed E-state index contributed by atoms with van der Waals surface area (Å²) in [6, 6.07) is 10.5. The molecule has 2 aromatic carbocycles. The molecule has 2 bridgehead atoms. The zero-order valence-corrected chi connectivity index (χ0v) is 29.3. The number of piperidine rings is 1. The summed E-state index contributed by atoms with van der Waals surface area (Å²) < 4.78 is 5.30. The van der Waals surface area contributed by atoms with Crippen LogP contribution in [0, 0.1) is 16.0 Å². The van der Waals surface area contributed by atoms with Crippen molar-refractivity contribution in [2.24, 2.45) is 11.7 Å². The Bertz CT molecular complexity index is 1670. The molecule has 284 valence electrons. The molecule has 2 aliphatic heterocycles. The molecule has 4 rings (SSSR count). The van der Waals surface area contributed by atoms with Crippen molar-refractivity contribution in [2.75, 3.05) is 45.9 Å². The highest BCUT2D eigenvalue weighted by Crippen LogP contribution is 2.19. The minimum absolute atomic E-state index is 0.00566. The van der Waals surface area contributed by atoms with Crippen LogP contribution in [0.1, 0.15) is 36.0 Å². The maximum atomic E-state index is 13.7. The normalized spacial score (nSPS) is 21.3. The van der Waals surface area contributed by atoms with Gasteiger partial charge >= 0.3 is 0 Å². The van der Waals surface area contributed by atoms with Crippen molar-refractivity contribution >= 4 is 41.1 Å². The summed E-state index contributed by atoms with van der Waals surface area (Å²) >= 11 is 0. The van der Waals surface area contributed by atoms with E-state index in [1.807, 2.05) is 0 Å². The molecule has 17 nitrogen and oxygen atoms in total. The van der Waals surface area contributed by atoms with E-state index in [0.717, 1.165) is 12.2 Å². The van der Waals surface area contributed by atoms with Crippen LogP contribution in [0.25, 0.3) is 0 Å². The predicted molar refractivity (Wildman–Crippen MR) is 192 cm³/mol. The lowest BCUT2D eigenvalue weighted by Gasteiger charge is -2.32. The Morgan fingerprint density at radius 1 is 0.943 bits per heavy atom. The van der Waals surface area contributed by atoms with Crippen LogP contribution >= 0.6 is 0 Å². The van der Waals surface area contributed by atoms with Gasteiger partial charge in [-0.1, -0.05) is 36.4 Å². The zero-order chi connectivity index (χ0) is 38.2. The number of rotatable bonds is 9. The maximum absolute atomic E-state index is 13.7. The van der Waals surface area contributed by atoms with E-state index in [0.29, 0.717) is 49.2 Å². The minimum atomic E-state index is -1.08. The largest absolute Gasteiger partial charge is 0.378 e. The molecule has 6 amide bonds. The third kappa shape index (κ3) is 12.8. The number of carbonyl (C=O) groups excluding carboxylic acids is 6. The van der Waals surface area contributed by atoms with Gasteiger partial charge in [0.1, 0.15) is 12.1 Å². The van der Waals surface area contributed by atoms with Crippen molar-refractivity contribution in [3.8, 4) is 0 Å². The van der Waals surface area contributed by atoms with E-state index in [9.17, 15) is 38.9 Å². The molecule has 0 aromatic heterocycles. The van der Waals surface area contributed by atoms with E-state index in [4.69, 9.17) is 10.5 Å². The van der Waals surface area contributed by atoms with Crippen LogP contribution in [0.3, 0.4) is 0 Å². The van der Waals surface area contributed by atoms with Gasteiger partial charge < -0.3 is 42.0 Å². The Kier molecular flexibility index (Phi) is 15.4. The highest BCUT2D eigenvalue weighted by Gasteiger charge is 2.31. The number of carbonyl (C=O) groups is 6. The Morgan fingerprint density at radius 3 is 2.43 bits per heavy atom. The molecule has 17 heteroatoms. The van der Waals surface area contributed by atoms with Gasteiger partial charge in [-0.05, 0) is 36.0 Å². The van der Waals surface area contributed by atoms with Crippen molar-refractivity contribution < 1.29 is 38.4 Å². The number of nitro groups is 1. The first-order chi connectivity index (χ1) is 25.5. The summed E-state index contributed by atoms with van der Waals surface area (Å²) in [5, 5.41) is 24.9. The van der Waals surface area contributed by atoms with Gasteiger partial charge in [0.05, 0.1) is 30.5 Å². The number of hydrogen-bond donors (Lipinski definition) is 6. The Morgan fingerprint density at radius 2 is 1.70 bits per heavy atom. The standard InChI is InChI=1S/C36H46N8O9/c37-14-18-53-19-16-39-35(49)29-13-15-38-31(45)11-12-33(47)43-17-3-6-27(23-43)34(48)42-30(20-24-7-9-28(10-8-24)44(51)52)36(50)40-22-26-5-2-1-4-25(26)21-32(46)41-29/h1-2,4-5,7-12,27,29-30H,3,6,13-23,37H2,(H,38,45)(H,39,49)(H,40,50)(H,41,46)(H,42,48)/b12-11+/t27-,29+,30+/m1/s1. The molecule has 1 saturated heterocycles. The van der Waals surface area contributed by atoms with Crippen LogP contribution in [-0.4, -0.2) is 103 Å². The molecule has 0 aliphatic carbocycles. The number of nitrogens with one attached hydrogen (secondary N) is 5. The molecule has 2 heterocycles. The van der Waals surface area contributed by atoms with E-state index in [1.54, 1.807) is 24.3 Å².